The Morgan fingerprint density at radius 3 is 1.20 bits per heavy atom. The van der Waals surface area contributed by atoms with Gasteiger partial charge in [-0.1, -0.05) is 67.5 Å². The fraction of sp³-hybridized carbons (Fsp3) is 0.538. The Balaban J connectivity index is 2.92. The van der Waals surface area contributed by atoms with Gasteiger partial charge in [-0.15, -0.1) is 0 Å². The van der Waals surface area contributed by atoms with Crippen LogP contribution >= 0.6 is 0 Å². The molecule has 0 atom stereocenters. The molecule has 6 N–H and O–H groups in total. The number of aromatic hydroxyl groups is 2. The number of phenolic OH excluding ortho intramolecular Hbond substituents is 2. The predicted molar refractivity (Wildman–Crippen MR) is 126 cm³/mol. The Bertz CT molecular complexity index is 847. The van der Waals surface area contributed by atoms with Gasteiger partial charge in [-0.2, -0.15) is 0 Å². The number of benzene rings is 2. The molecule has 30 heavy (non-hydrogen) atoms. The van der Waals surface area contributed by atoms with Crippen molar-refractivity contribution in [3.05, 3.63) is 57.6 Å². The highest BCUT2D eigenvalue weighted by atomic mass is 16.3. The Morgan fingerprint density at radius 2 is 0.967 bits per heavy atom. The van der Waals surface area contributed by atoms with Crippen LogP contribution in [-0.4, -0.2) is 10.2 Å². The molecule has 0 heterocycles. The average Bonchev–Trinajstić information content (AvgIpc) is 2.64. The van der Waals surface area contributed by atoms with Crippen molar-refractivity contribution in [1.29, 1.82) is 0 Å². The highest BCUT2D eigenvalue weighted by molar-refractivity contribution is 5.55. The summed E-state index contributed by atoms with van der Waals surface area (Å²) in [7, 11) is 0. The summed E-state index contributed by atoms with van der Waals surface area (Å²) < 4.78 is 0. The zero-order chi connectivity index (χ0) is 23.1. The van der Waals surface area contributed by atoms with Gasteiger partial charge in [0.25, 0.3) is 0 Å². The van der Waals surface area contributed by atoms with Crippen molar-refractivity contribution in [2.75, 3.05) is 0 Å². The highest BCUT2D eigenvalue weighted by Crippen LogP contribution is 2.45. The van der Waals surface area contributed by atoms with E-state index in [1.54, 1.807) is 0 Å². The van der Waals surface area contributed by atoms with Gasteiger partial charge < -0.3 is 21.7 Å². The summed E-state index contributed by atoms with van der Waals surface area (Å²) in [5, 5.41) is 21.3. The Labute approximate surface area is 182 Å². The lowest BCUT2D eigenvalue weighted by atomic mass is 9.68. The third-order valence-corrected chi connectivity index (χ3v) is 6.39. The lowest BCUT2D eigenvalue weighted by molar-refractivity contribution is 0.440. The van der Waals surface area contributed by atoms with Crippen LogP contribution in [0.4, 0.5) is 0 Å². The molecule has 0 fully saturated rings. The summed E-state index contributed by atoms with van der Waals surface area (Å²) in [5.41, 5.74) is 17.3. The highest BCUT2D eigenvalue weighted by Gasteiger charge is 2.35. The third-order valence-electron chi connectivity index (χ3n) is 6.39. The third kappa shape index (κ3) is 4.35. The van der Waals surface area contributed by atoms with Gasteiger partial charge in [-0.25, -0.2) is 0 Å². The average molecular weight is 413 g/mol. The molecular formula is C26H40N2O2. The SMILES string of the molecule is CCC(C)(c1cc(C(C)(C)C)c(O)cc1CN)c1cc(C(C)(C)C)c(O)cc1CN. The molecule has 0 saturated heterocycles. The number of nitrogens with two attached hydrogens (primary N) is 2. The molecule has 0 aliphatic carbocycles. The minimum atomic E-state index is -0.370. The molecule has 0 spiro atoms. The maximum absolute atomic E-state index is 10.7. The minimum absolute atomic E-state index is 0.206. The second-order valence-corrected chi connectivity index (χ2v) is 10.6. The first-order valence-electron chi connectivity index (χ1n) is 10.8. The lowest BCUT2D eigenvalue weighted by Crippen LogP contribution is -2.29. The molecule has 0 unspecified atom stereocenters. The van der Waals surface area contributed by atoms with E-state index in [4.69, 9.17) is 11.5 Å². The van der Waals surface area contributed by atoms with Crippen molar-refractivity contribution in [2.45, 2.75) is 91.1 Å². The predicted octanol–water partition coefficient (Wildman–Crippen LogP) is 5.33. The van der Waals surface area contributed by atoms with E-state index >= 15 is 0 Å². The maximum atomic E-state index is 10.7. The van der Waals surface area contributed by atoms with Crippen LogP contribution in [0.3, 0.4) is 0 Å². The number of phenols is 2. The summed E-state index contributed by atoms with van der Waals surface area (Å²) in [6.07, 6.45) is 0.829. The fourth-order valence-corrected chi connectivity index (χ4v) is 4.36. The molecule has 0 saturated carbocycles. The van der Waals surface area contributed by atoms with Crippen LogP contribution in [0.5, 0.6) is 11.5 Å². The van der Waals surface area contributed by atoms with Crippen molar-refractivity contribution in [3.8, 4) is 11.5 Å². The Hall–Kier alpha value is -2.04. The van der Waals surface area contributed by atoms with Gasteiger partial charge in [0.2, 0.25) is 0 Å². The van der Waals surface area contributed by atoms with Crippen LogP contribution in [-0.2, 0) is 29.3 Å². The normalized spacial score (nSPS) is 13.0. The standard InChI is InChI=1S/C26H40N2O2/c1-9-26(8,18-12-20(24(2,3)4)22(29)10-16(18)14-27)19-13-21(25(5,6)7)23(30)11-17(19)15-28/h10-13,29-30H,9,14-15,27-28H2,1-8H3. The van der Waals surface area contributed by atoms with Gasteiger partial charge >= 0.3 is 0 Å². The molecule has 2 aromatic carbocycles. The van der Waals surface area contributed by atoms with Crippen LogP contribution in [0.1, 0.15) is 95.2 Å². The van der Waals surface area contributed by atoms with Gasteiger partial charge in [0, 0.05) is 18.5 Å². The molecule has 2 rings (SSSR count). The lowest BCUT2D eigenvalue weighted by Gasteiger charge is -2.36. The smallest absolute Gasteiger partial charge is 0.119 e. The summed E-state index contributed by atoms with van der Waals surface area (Å²) in [6.45, 7) is 17.6. The Morgan fingerprint density at radius 1 is 0.633 bits per heavy atom. The van der Waals surface area contributed by atoms with Gasteiger partial charge in [0.15, 0.2) is 0 Å². The topological polar surface area (TPSA) is 92.5 Å². The van der Waals surface area contributed by atoms with E-state index in [1.807, 2.05) is 12.1 Å². The minimum Gasteiger partial charge on any atom is -0.508 e. The summed E-state index contributed by atoms with van der Waals surface area (Å²) in [4.78, 5) is 0. The molecule has 166 valence electrons. The summed E-state index contributed by atoms with van der Waals surface area (Å²) in [5.74, 6) is 0.565. The van der Waals surface area contributed by atoms with Crippen molar-refractivity contribution in [3.63, 3.8) is 0 Å². The first kappa shape index (κ1) is 24.2. The second kappa shape index (κ2) is 8.24. The molecule has 0 bridgehead atoms. The van der Waals surface area contributed by atoms with E-state index in [-0.39, 0.29) is 27.7 Å². The van der Waals surface area contributed by atoms with Crippen LogP contribution < -0.4 is 11.5 Å². The first-order chi connectivity index (χ1) is 13.7. The maximum Gasteiger partial charge on any atom is 0.119 e. The summed E-state index contributed by atoms with van der Waals surface area (Å²) >= 11 is 0. The quantitative estimate of drug-likeness (QED) is 0.534. The zero-order valence-corrected chi connectivity index (χ0v) is 20.0. The Kier molecular flexibility index (Phi) is 6.65. The number of hydrogen-bond acceptors (Lipinski definition) is 4. The van der Waals surface area contributed by atoms with Crippen molar-refractivity contribution in [2.24, 2.45) is 11.5 Å². The molecule has 0 amide bonds. The second-order valence-electron chi connectivity index (χ2n) is 10.6. The van der Waals surface area contributed by atoms with Crippen LogP contribution in [0.25, 0.3) is 0 Å². The molecule has 2 aromatic rings. The van der Waals surface area contributed by atoms with Crippen molar-refractivity contribution in [1.82, 2.24) is 0 Å². The molecule has 0 aliphatic heterocycles. The van der Waals surface area contributed by atoms with Crippen molar-refractivity contribution >= 4 is 0 Å². The van der Waals surface area contributed by atoms with E-state index in [0.717, 1.165) is 39.8 Å². The first-order valence-corrected chi connectivity index (χ1v) is 10.8. The molecular weight excluding hydrogens is 372 g/mol. The molecule has 0 radical (unpaired) electrons. The molecule has 4 heteroatoms. The van der Waals surface area contributed by atoms with E-state index in [1.165, 1.54) is 0 Å². The van der Waals surface area contributed by atoms with Gasteiger partial charge in [-0.3, -0.25) is 0 Å². The van der Waals surface area contributed by atoms with Gasteiger partial charge in [0.1, 0.15) is 11.5 Å². The molecule has 0 aromatic heterocycles. The van der Waals surface area contributed by atoms with E-state index in [0.29, 0.717) is 13.1 Å². The monoisotopic (exact) mass is 412 g/mol. The van der Waals surface area contributed by atoms with E-state index in [9.17, 15) is 10.2 Å². The van der Waals surface area contributed by atoms with E-state index in [2.05, 4.69) is 67.5 Å². The largest absolute Gasteiger partial charge is 0.508 e. The van der Waals surface area contributed by atoms with Crippen LogP contribution in [0.15, 0.2) is 24.3 Å². The number of rotatable bonds is 5. The van der Waals surface area contributed by atoms with Crippen LogP contribution in [0.2, 0.25) is 0 Å². The number of hydrogen-bond donors (Lipinski definition) is 4. The van der Waals surface area contributed by atoms with Crippen LogP contribution in [0, 0.1) is 0 Å². The summed E-state index contributed by atoms with van der Waals surface area (Å²) in [6, 6.07) is 7.87. The van der Waals surface area contributed by atoms with E-state index < -0.39 is 0 Å². The van der Waals surface area contributed by atoms with Gasteiger partial charge in [0.05, 0.1) is 0 Å². The molecule has 0 aliphatic rings. The van der Waals surface area contributed by atoms with Crippen molar-refractivity contribution < 1.29 is 10.2 Å². The molecule has 4 nitrogen and oxygen atoms in total. The van der Waals surface area contributed by atoms with Gasteiger partial charge in [-0.05, 0) is 62.8 Å². The fourth-order valence-electron chi connectivity index (χ4n) is 4.36. The zero-order valence-electron chi connectivity index (χ0n) is 20.0.